The van der Waals surface area contributed by atoms with E-state index in [1.807, 2.05) is 7.11 Å². The van der Waals surface area contributed by atoms with E-state index in [2.05, 4.69) is 11.9 Å². The first-order valence-electron chi connectivity index (χ1n) is 5.06. The lowest BCUT2D eigenvalue weighted by atomic mass is 9.77. The number of hydrogen-bond acceptors (Lipinski definition) is 3. The Morgan fingerprint density at radius 1 is 1.50 bits per heavy atom. The molecule has 2 heterocycles. The summed E-state index contributed by atoms with van der Waals surface area (Å²) in [6.45, 7) is 4.08. The fourth-order valence-corrected chi connectivity index (χ4v) is 2.73. The van der Waals surface area contributed by atoms with E-state index in [9.17, 15) is 0 Å². The third-order valence-corrected chi connectivity index (χ3v) is 3.46. The Morgan fingerprint density at radius 3 is 2.86 bits per heavy atom. The SMILES string of the molecule is C.CO[C@H]1CCN(C)C[C@]12CCOC2. The zero-order valence-electron chi connectivity index (χ0n) is 8.58. The van der Waals surface area contributed by atoms with Gasteiger partial charge in [-0.05, 0) is 19.9 Å². The van der Waals surface area contributed by atoms with Crippen LogP contribution in [0.15, 0.2) is 0 Å². The minimum absolute atomic E-state index is 0. The molecule has 3 nitrogen and oxygen atoms in total. The lowest BCUT2D eigenvalue weighted by Crippen LogP contribution is -2.51. The summed E-state index contributed by atoms with van der Waals surface area (Å²) in [5.41, 5.74) is 0.293. The van der Waals surface area contributed by atoms with Gasteiger partial charge in [-0.2, -0.15) is 0 Å². The topological polar surface area (TPSA) is 21.7 Å². The van der Waals surface area contributed by atoms with E-state index in [-0.39, 0.29) is 7.43 Å². The van der Waals surface area contributed by atoms with E-state index < -0.39 is 0 Å². The molecule has 0 aromatic carbocycles. The van der Waals surface area contributed by atoms with Crippen LogP contribution in [0.25, 0.3) is 0 Å². The van der Waals surface area contributed by atoms with Crippen molar-refractivity contribution in [2.75, 3.05) is 40.5 Å². The van der Waals surface area contributed by atoms with Gasteiger partial charge in [0, 0.05) is 32.2 Å². The summed E-state index contributed by atoms with van der Waals surface area (Å²) in [4.78, 5) is 2.39. The number of piperidine rings is 1. The molecule has 1 spiro atoms. The quantitative estimate of drug-likeness (QED) is 0.640. The highest BCUT2D eigenvalue weighted by molar-refractivity contribution is 4.96. The summed E-state index contributed by atoms with van der Waals surface area (Å²) in [5, 5.41) is 0. The normalized spacial score (nSPS) is 38.6. The van der Waals surface area contributed by atoms with Crippen molar-refractivity contribution in [2.24, 2.45) is 5.41 Å². The monoisotopic (exact) mass is 201 g/mol. The maximum Gasteiger partial charge on any atom is 0.0674 e. The van der Waals surface area contributed by atoms with Crippen LogP contribution in [-0.2, 0) is 9.47 Å². The van der Waals surface area contributed by atoms with Crippen LogP contribution in [0.3, 0.4) is 0 Å². The van der Waals surface area contributed by atoms with Gasteiger partial charge in [-0.25, -0.2) is 0 Å². The van der Waals surface area contributed by atoms with Crippen LogP contribution < -0.4 is 0 Å². The molecule has 0 amide bonds. The Bertz CT molecular complexity index is 178. The Balaban J connectivity index is 0.000000980. The molecule has 2 saturated heterocycles. The highest BCUT2D eigenvalue weighted by Gasteiger charge is 2.45. The molecule has 0 radical (unpaired) electrons. The molecule has 0 bridgehead atoms. The number of hydrogen-bond donors (Lipinski definition) is 0. The van der Waals surface area contributed by atoms with E-state index in [4.69, 9.17) is 9.47 Å². The zero-order valence-corrected chi connectivity index (χ0v) is 8.58. The number of ether oxygens (including phenoxy) is 2. The van der Waals surface area contributed by atoms with E-state index in [1.54, 1.807) is 0 Å². The predicted molar refractivity (Wildman–Crippen MR) is 57.5 cm³/mol. The van der Waals surface area contributed by atoms with Crippen molar-refractivity contribution >= 4 is 0 Å². The lowest BCUT2D eigenvalue weighted by molar-refractivity contribution is -0.0664. The molecular formula is C11H23NO2. The van der Waals surface area contributed by atoms with Crippen molar-refractivity contribution in [1.29, 1.82) is 0 Å². The number of likely N-dealkylation sites (tertiary alicyclic amines) is 1. The largest absolute Gasteiger partial charge is 0.381 e. The Kier molecular flexibility index (Phi) is 3.93. The zero-order chi connectivity index (χ0) is 9.31. The molecule has 84 valence electrons. The van der Waals surface area contributed by atoms with Crippen LogP contribution in [0.4, 0.5) is 0 Å². The molecular weight excluding hydrogens is 178 g/mol. The molecule has 0 unspecified atom stereocenters. The van der Waals surface area contributed by atoms with Crippen molar-refractivity contribution < 1.29 is 9.47 Å². The van der Waals surface area contributed by atoms with E-state index in [0.29, 0.717) is 11.5 Å². The minimum atomic E-state index is 0. The summed E-state index contributed by atoms with van der Waals surface area (Å²) >= 11 is 0. The summed E-state index contributed by atoms with van der Waals surface area (Å²) < 4.78 is 11.1. The second-order valence-corrected chi connectivity index (χ2v) is 4.42. The van der Waals surface area contributed by atoms with Crippen molar-refractivity contribution in [3.8, 4) is 0 Å². The molecule has 0 aromatic rings. The first kappa shape index (κ1) is 12.0. The fourth-order valence-electron chi connectivity index (χ4n) is 2.73. The average molecular weight is 201 g/mol. The molecule has 2 rings (SSSR count). The number of nitrogens with zero attached hydrogens (tertiary/aromatic N) is 1. The Labute approximate surface area is 87.4 Å². The van der Waals surface area contributed by atoms with Gasteiger partial charge in [0.25, 0.3) is 0 Å². The van der Waals surface area contributed by atoms with Crippen molar-refractivity contribution in [3.05, 3.63) is 0 Å². The molecule has 0 saturated carbocycles. The van der Waals surface area contributed by atoms with Crippen LogP contribution in [-0.4, -0.2) is 51.5 Å². The van der Waals surface area contributed by atoms with Gasteiger partial charge < -0.3 is 14.4 Å². The summed E-state index contributed by atoms with van der Waals surface area (Å²) in [6.07, 6.45) is 2.72. The molecule has 2 aliphatic rings. The Morgan fingerprint density at radius 2 is 2.29 bits per heavy atom. The van der Waals surface area contributed by atoms with Crippen molar-refractivity contribution in [3.63, 3.8) is 0 Å². The standard InChI is InChI=1S/C10H19NO2.CH4/c1-11-5-3-9(12-2)10(7-11)4-6-13-8-10;/h9H,3-8H2,1-2H3;1H4/t9-,10-;/m0./s1. The second-order valence-electron chi connectivity index (χ2n) is 4.42. The first-order chi connectivity index (χ1) is 6.27. The van der Waals surface area contributed by atoms with E-state index >= 15 is 0 Å². The smallest absolute Gasteiger partial charge is 0.0674 e. The second kappa shape index (κ2) is 4.60. The maximum absolute atomic E-state index is 5.57. The molecule has 2 fully saturated rings. The first-order valence-corrected chi connectivity index (χ1v) is 5.06. The predicted octanol–water partition coefficient (Wildman–Crippen LogP) is 1.38. The fraction of sp³-hybridized carbons (Fsp3) is 1.00. The molecule has 2 aliphatic heterocycles. The lowest BCUT2D eigenvalue weighted by Gasteiger charge is -2.43. The van der Waals surface area contributed by atoms with Gasteiger partial charge in [0.2, 0.25) is 0 Å². The van der Waals surface area contributed by atoms with Gasteiger partial charge in [-0.15, -0.1) is 0 Å². The number of rotatable bonds is 1. The van der Waals surface area contributed by atoms with E-state index in [1.165, 1.54) is 0 Å². The highest BCUT2D eigenvalue weighted by Crippen LogP contribution is 2.38. The summed E-state index contributed by atoms with van der Waals surface area (Å²) in [7, 11) is 4.02. The highest BCUT2D eigenvalue weighted by atomic mass is 16.5. The summed E-state index contributed by atoms with van der Waals surface area (Å²) in [5.74, 6) is 0. The summed E-state index contributed by atoms with van der Waals surface area (Å²) in [6, 6.07) is 0. The molecule has 0 aromatic heterocycles. The van der Waals surface area contributed by atoms with Crippen LogP contribution in [0, 0.1) is 5.41 Å². The minimum Gasteiger partial charge on any atom is -0.381 e. The van der Waals surface area contributed by atoms with Crippen LogP contribution in [0.5, 0.6) is 0 Å². The van der Waals surface area contributed by atoms with Crippen LogP contribution in [0.1, 0.15) is 20.3 Å². The van der Waals surface area contributed by atoms with Gasteiger partial charge in [-0.1, -0.05) is 7.43 Å². The molecule has 3 heteroatoms. The van der Waals surface area contributed by atoms with Crippen molar-refractivity contribution in [1.82, 2.24) is 4.90 Å². The van der Waals surface area contributed by atoms with Gasteiger partial charge >= 0.3 is 0 Å². The van der Waals surface area contributed by atoms with Gasteiger partial charge in [0.05, 0.1) is 12.7 Å². The van der Waals surface area contributed by atoms with Gasteiger partial charge in [0.15, 0.2) is 0 Å². The van der Waals surface area contributed by atoms with Gasteiger partial charge in [0.1, 0.15) is 0 Å². The number of methoxy groups -OCH3 is 1. The molecule has 2 atom stereocenters. The average Bonchev–Trinajstić information content (AvgIpc) is 2.54. The van der Waals surface area contributed by atoms with Crippen molar-refractivity contribution in [2.45, 2.75) is 26.4 Å². The molecule has 14 heavy (non-hydrogen) atoms. The maximum atomic E-state index is 5.57. The third-order valence-electron chi connectivity index (χ3n) is 3.46. The third kappa shape index (κ3) is 1.95. The molecule has 0 aliphatic carbocycles. The van der Waals surface area contributed by atoms with Gasteiger partial charge in [-0.3, -0.25) is 0 Å². The Hall–Kier alpha value is -0.120. The van der Waals surface area contributed by atoms with Crippen LogP contribution in [0.2, 0.25) is 0 Å². The van der Waals surface area contributed by atoms with Crippen LogP contribution >= 0.6 is 0 Å². The molecule has 0 N–H and O–H groups in total. The van der Waals surface area contributed by atoms with E-state index in [0.717, 1.165) is 39.1 Å².